The van der Waals surface area contributed by atoms with Crippen molar-refractivity contribution in [3.05, 3.63) is 82.3 Å². The van der Waals surface area contributed by atoms with E-state index in [1.165, 1.54) is 14.0 Å². The molecule has 4 amide bonds. The Balaban J connectivity index is 1.27. The summed E-state index contributed by atoms with van der Waals surface area (Å²) < 4.78 is 6.97. The van der Waals surface area contributed by atoms with Crippen LogP contribution in [-0.4, -0.2) is 47.5 Å². The maximum absolute atomic E-state index is 13.3. The first kappa shape index (κ1) is 25.1. The van der Waals surface area contributed by atoms with Crippen LogP contribution < -0.4 is 26.2 Å². The van der Waals surface area contributed by atoms with Gasteiger partial charge < -0.3 is 30.2 Å². The second-order valence-corrected chi connectivity index (χ2v) is 9.63. The van der Waals surface area contributed by atoms with E-state index in [0.29, 0.717) is 42.3 Å². The molecule has 196 valence electrons. The molecule has 0 radical (unpaired) electrons. The van der Waals surface area contributed by atoms with Crippen molar-refractivity contribution in [3.8, 4) is 5.75 Å². The summed E-state index contributed by atoms with van der Waals surface area (Å²) in [5.74, 6) is 0.607. The zero-order chi connectivity index (χ0) is 26.8. The highest BCUT2D eigenvalue weighted by molar-refractivity contribution is 6.00. The number of ketones is 1. The number of methoxy groups -OCH3 is 1. The van der Waals surface area contributed by atoms with Crippen LogP contribution in [0.1, 0.15) is 35.3 Å². The zero-order valence-corrected chi connectivity index (χ0v) is 21.2. The molecule has 1 aromatic heterocycles. The van der Waals surface area contributed by atoms with Crippen LogP contribution in [0.25, 0.3) is 0 Å². The van der Waals surface area contributed by atoms with E-state index < -0.39 is 6.03 Å². The number of rotatable bonds is 5. The number of pyridine rings is 1. The molecule has 2 bridgehead atoms. The zero-order valence-electron chi connectivity index (χ0n) is 21.2. The summed E-state index contributed by atoms with van der Waals surface area (Å²) in [5, 5.41) is 8.27. The number of amides is 4. The van der Waals surface area contributed by atoms with Gasteiger partial charge in [0.1, 0.15) is 11.4 Å². The number of aromatic nitrogens is 1. The quantitative estimate of drug-likeness (QED) is 0.436. The number of Topliss-reactive ketones (excluding diaryl/α,β-unsaturated/α-hetero) is 1. The van der Waals surface area contributed by atoms with Gasteiger partial charge in [-0.05, 0) is 67.8 Å². The van der Waals surface area contributed by atoms with Gasteiger partial charge in [-0.1, -0.05) is 12.1 Å². The molecule has 0 aliphatic carbocycles. The molecule has 5 rings (SSSR count). The van der Waals surface area contributed by atoms with Gasteiger partial charge in [0.25, 0.3) is 5.56 Å². The molecule has 3 heterocycles. The Bertz CT molecular complexity index is 1450. The average molecular weight is 516 g/mol. The fourth-order valence-electron chi connectivity index (χ4n) is 5.22. The summed E-state index contributed by atoms with van der Waals surface area (Å²) in [6, 6.07) is 16.5. The summed E-state index contributed by atoms with van der Waals surface area (Å²) in [6.07, 6.45) is 0.886. The van der Waals surface area contributed by atoms with Crippen LogP contribution >= 0.6 is 0 Å². The van der Waals surface area contributed by atoms with E-state index in [-0.39, 0.29) is 34.9 Å². The highest BCUT2D eigenvalue weighted by atomic mass is 16.5. The maximum Gasteiger partial charge on any atom is 0.323 e. The summed E-state index contributed by atoms with van der Waals surface area (Å²) in [7, 11) is 1.52. The van der Waals surface area contributed by atoms with Gasteiger partial charge in [-0.2, -0.15) is 0 Å². The number of hydrogen-bond donors (Lipinski definition) is 3. The smallest absolute Gasteiger partial charge is 0.323 e. The average Bonchev–Trinajstić information content (AvgIpc) is 2.91. The van der Waals surface area contributed by atoms with Crippen molar-refractivity contribution in [2.24, 2.45) is 5.92 Å². The fourth-order valence-corrected chi connectivity index (χ4v) is 5.22. The third kappa shape index (κ3) is 5.10. The predicted octanol–water partition coefficient (Wildman–Crippen LogP) is 4.35. The molecule has 10 heteroatoms. The highest BCUT2D eigenvalue weighted by Crippen LogP contribution is 2.35. The maximum atomic E-state index is 13.3. The molecule has 2 atom stereocenters. The number of carbonyl (C=O) groups excluding carboxylic acids is 3. The van der Waals surface area contributed by atoms with Gasteiger partial charge in [0.2, 0.25) is 0 Å². The lowest BCUT2D eigenvalue weighted by Gasteiger charge is -2.42. The highest BCUT2D eigenvalue weighted by Gasteiger charge is 2.36. The van der Waals surface area contributed by atoms with Crippen LogP contribution in [0.5, 0.6) is 5.75 Å². The van der Waals surface area contributed by atoms with E-state index in [4.69, 9.17) is 4.74 Å². The molecule has 0 saturated carbocycles. The summed E-state index contributed by atoms with van der Waals surface area (Å²) >= 11 is 0. The van der Waals surface area contributed by atoms with Gasteiger partial charge in [-0.3, -0.25) is 9.59 Å². The standard InChI is InChI=1S/C28H29N5O5/c1-17(34)19-7-9-21(10-8-19)29-28(37)32-14-18-13-20(16-32)24-12-11-23(26(35)33(24)15-18)31-27(36)30-22-5-3-4-6-25(22)38-2/h3-12,18,20H,13-16H2,1-2H3,(H,29,37)(H2,30,31,36)/t18-,20-/m1/s1. The van der Waals surface area contributed by atoms with Crippen LogP contribution in [-0.2, 0) is 6.54 Å². The Morgan fingerprint density at radius 2 is 1.61 bits per heavy atom. The lowest BCUT2D eigenvalue weighted by atomic mass is 9.83. The lowest BCUT2D eigenvalue weighted by molar-refractivity contribution is 0.101. The van der Waals surface area contributed by atoms with Crippen molar-refractivity contribution in [1.29, 1.82) is 0 Å². The van der Waals surface area contributed by atoms with Crippen molar-refractivity contribution >= 4 is 34.9 Å². The van der Waals surface area contributed by atoms with Crippen LogP contribution in [0.4, 0.5) is 26.7 Å². The summed E-state index contributed by atoms with van der Waals surface area (Å²) in [6.45, 7) is 2.96. The van der Waals surface area contributed by atoms with Gasteiger partial charge in [-0.25, -0.2) is 9.59 Å². The Kier molecular flexibility index (Phi) is 6.87. The number of ether oxygens (including phenoxy) is 1. The number of hydrogen-bond acceptors (Lipinski definition) is 5. The third-order valence-corrected chi connectivity index (χ3v) is 7.04. The number of fused-ring (bicyclic) bond motifs is 4. The molecular weight excluding hydrogens is 486 g/mol. The Labute approximate surface area is 219 Å². The topological polar surface area (TPSA) is 122 Å². The van der Waals surface area contributed by atoms with E-state index in [0.717, 1.165) is 12.1 Å². The molecule has 2 aromatic carbocycles. The molecule has 10 nitrogen and oxygen atoms in total. The number of benzene rings is 2. The number of urea groups is 2. The minimum absolute atomic E-state index is 0.0116. The lowest BCUT2D eigenvalue weighted by Crippen LogP contribution is -2.50. The molecule has 3 aromatic rings. The number of carbonyl (C=O) groups is 3. The molecule has 38 heavy (non-hydrogen) atoms. The molecule has 2 aliphatic rings. The molecule has 0 spiro atoms. The number of nitrogens with one attached hydrogen (secondary N) is 3. The number of nitrogens with zero attached hydrogens (tertiary/aromatic N) is 2. The van der Waals surface area contributed by atoms with Crippen LogP contribution in [0.3, 0.4) is 0 Å². The first-order valence-corrected chi connectivity index (χ1v) is 12.4. The van der Waals surface area contributed by atoms with Gasteiger partial charge >= 0.3 is 12.1 Å². The van der Waals surface area contributed by atoms with Crippen LogP contribution in [0, 0.1) is 5.92 Å². The van der Waals surface area contributed by atoms with E-state index in [2.05, 4.69) is 16.0 Å². The third-order valence-electron chi connectivity index (χ3n) is 7.04. The van der Waals surface area contributed by atoms with E-state index in [1.54, 1.807) is 64.1 Å². The normalized spacial score (nSPS) is 17.7. The van der Waals surface area contributed by atoms with Gasteiger partial charge in [0.15, 0.2) is 5.78 Å². The molecule has 1 saturated heterocycles. The number of piperidine rings is 1. The number of para-hydroxylation sites is 2. The number of likely N-dealkylation sites (tertiary alicyclic amines) is 1. The van der Waals surface area contributed by atoms with Gasteiger partial charge in [0.05, 0.1) is 12.8 Å². The molecule has 1 fully saturated rings. The summed E-state index contributed by atoms with van der Waals surface area (Å²) in [5.41, 5.74) is 2.47. The minimum atomic E-state index is -0.540. The SMILES string of the molecule is COc1ccccc1NC(=O)Nc1ccc2n(c1=O)C[C@@H]1C[C@@H]2CN(C(=O)Nc2ccc(C(C)=O)cc2)C1. The molecular formula is C28H29N5O5. The fraction of sp³-hybridized carbons (Fsp3) is 0.286. The van der Waals surface area contributed by atoms with Crippen molar-refractivity contribution in [2.45, 2.75) is 25.8 Å². The van der Waals surface area contributed by atoms with E-state index >= 15 is 0 Å². The second kappa shape index (κ2) is 10.4. The Hall–Kier alpha value is -4.60. The second-order valence-electron chi connectivity index (χ2n) is 9.63. The molecule has 0 unspecified atom stereocenters. The minimum Gasteiger partial charge on any atom is -0.495 e. The first-order valence-electron chi connectivity index (χ1n) is 12.4. The van der Waals surface area contributed by atoms with Crippen molar-refractivity contribution in [2.75, 3.05) is 36.1 Å². The monoisotopic (exact) mass is 515 g/mol. The van der Waals surface area contributed by atoms with E-state index in [1.807, 2.05) is 6.07 Å². The summed E-state index contributed by atoms with van der Waals surface area (Å²) in [4.78, 5) is 52.1. The van der Waals surface area contributed by atoms with E-state index in [9.17, 15) is 19.2 Å². The predicted molar refractivity (Wildman–Crippen MR) is 144 cm³/mol. The first-order chi connectivity index (χ1) is 18.3. The van der Waals surface area contributed by atoms with Crippen molar-refractivity contribution in [1.82, 2.24) is 9.47 Å². The Morgan fingerprint density at radius 3 is 2.34 bits per heavy atom. The van der Waals surface area contributed by atoms with Crippen molar-refractivity contribution < 1.29 is 19.1 Å². The number of anilines is 3. The van der Waals surface area contributed by atoms with Crippen LogP contribution in [0.2, 0.25) is 0 Å². The largest absolute Gasteiger partial charge is 0.495 e. The van der Waals surface area contributed by atoms with Crippen LogP contribution in [0.15, 0.2) is 65.5 Å². The van der Waals surface area contributed by atoms with Crippen molar-refractivity contribution in [3.63, 3.8) is 0 Å². The van der Waals surface area contributed by atoms with Gasteiger partial charge in [0, 0.05) is 42.5 Å². The van der Waals surface area contributed by atoms with Gasteiger partial charge in [-0.15, -0.1) is 0 Å². The Morgan fingerprint density at radius 1 is 0.868 bits per heavy atom. The molecule has 3 N–H and O–H groups in total. The molecule has 2 aliphatic heterocycles.